The number of hydrogen-bond acceptors (Lipinski definition) is 4. The predicted octanol–water partition coefficient (Wildman–Crippen LogP) is 2.80. The van der Waals surface area contributed by atoms with Crippen molar-refractivity contribution in [3.05, 3.63) is 42.1 Å². The van der Waals surface area contributed by atoms with Crippen LogP contribution in [0.4, 0.5) is 0 Å². The second kappa shape index (κ2) is 8.48. The monoisotopic (exact) mass is 316 g/mol. The van der Waals surface area contributed by atoms with E-state index in [1.807, 2.05) is 44.2 Å². The van der Waals surface area contributed by atoms with Gasteiger partial charge in [0.1, 0.15) is 0 Å². The summed E-state index contributed by atoms with van der Waals surface area (Å²) in [6.45, 7) is 4.36. The van der Waals surface area contributed by atoms with E-state index in [1.165, 1.54) is 0 Å². The van der Waals surface area contributed by atoms with Crippen LogP contribution < -0.4 is 5.32 Å². The second-order valence-electron chi connectivity index (χ2n) is 5.67. The zero-order chi connectivity index (χ0) is 16.7. The van der Waals surface area contributed by atoms with E-state index in [4.69, 9.17) is 4.52 Å². The molecule has 0 aliphatic carbocycles. The summed E-state index contributed by atoms with van der Waals surface area (Å²) in [5.41, 5.74) is 1.51. The van der Waals surface area contributed by atoms with Gasteiger partial charge in [-0.2, -0.15) is 0 Å². The highest BCUT2D eigenvalue weighted by atomic mass is 16.5. The molecule has 1 atom stereocenters. The molecule has 0 bridgehead atoms. The molecule has 1 aromatic carbocycles. The Balaban J connectivity index is 1.85. The summed E-state index contributed by atoms with van der Waals surface area (Å²) in [5, 5.41) is 16.7. The van der Waals surface area contributed by atoms with Gasteiger partial charge in [0.05, 0.1) is 18.2 Å². The molecule has 5 heteroatoms. The first-order valence-electron chi connectivity index (χ1n) is 8.09. The van der Waals surface area contributed by atoms with Gasteiger partial charge < -0.3 is 14.9 Å². The normalized spacial score (nSPS) is 12.3. The minimum atomic E-state index is -0.508. The summed E-state index contributed by atoms with van der Waals surface area (Å²) in [6, 6.07) is 11.4. The average molecular weight is 316 g/mol. The Morgan fingerprint density at radius 3 is 2.61 bits per heavy atom. The van der Waals surface area contributed by atoms with Crippen LogP contribution in [0.15, 0.2) is 40.9 Å². The number of aromatic nitrogens is 1. The molecular weight excluding hydrogens is 292 g/mol. The average Bonchev–Trinajstić information content (AvgIpc) is 3.03. The first-order chi connectivity index (χ1) is 11.1. The topological polar surface area (TPSA) is 75.4 Å². The zero-order valence-electron chi connectivity index (χ0n) is 13.7. The summed E-state index contributed by atoms with van der Waals surface area (Å²) in [6.07, 6.45) is 1.44. The van der Waals surface area contributed by atoms with Crippen molar-refractivity contribution in [3.8, 4) is 11.3 Å². The first-order valence-corrected chi connectivity index (χ1v) is 8.09. The van der Waals surface area contributed by atoms with Crippen LogP contribution in [0.2, 0.25) is 0 Å². The lowest BCUT2D eigenvalue weighted by Crippen LogP contribution is -2.36. The maximum absolute atomic E-state index is 12.0. The summed E-state index contributed by atoms with van der Waals surface area (Å²) in [4.78, 5) is 12.0. The lowest BCUT2D eigenvalue weighted by atomic mass is 9.96. The van der Waals surface area contributed by atoms with Gasteiger partial charge in [0.25, 0.3) is 0 Å². The van der Waals surface area contributed by atoms with Crippen LogP contribution in [-0.2, 0) is 11.2 Å². The molecule has 0 saturated carbocycles. The largest absolute Gasteiger partial charge is 0.391 e. The number of amides is 1. The van der Waals surface area contributed by atoms with E-state index in [9.17, 15) is 9.90 Å². The molecule has 1 heterocycles. The zero-order valence-corrected chi connectivity index (χ0v) is 13.7. The van der Waals surface area contributed by atoms with Gasteiger partial charge in [-0.25, -0.2) is 0 Å². The van der Waals surface area contributed by atoms with Crippen molar-refractivity contribution in [1.82, 2.24) is 10.5 Å². The van der Waals surface area contributed by atoms with E-state index in [2.05, 4.69) is 10.5 Å². The molecule has 1 amide bonds. The minimum Gasteiger partial charge on any atom is -0.391 e. The molecule has 23 heavy (non-hydrogen) atoms. The highest BCUT2D eigenvalue weighted by Crippen LogP contribution is 2.19. The number of aliphatic hydroxyl groups excluding tert-OH is 1. The summed E-state index contributed by atoms with van der Waals surface area (Å²) in [5.74, 6) is 0.695. The van der Waals surface area contributed by atoms with Gasteiger partial charge in [-0.15, -0.1) is 0 Å². The van der Waals surface area contributed by atoms with Crippen LogP contribution in [-0.4, -0.2) is 28.8 Å². The second-order valence-corrected chi connectivity index (χ2v) is 5.67. The van der Waals surface area contributed by atoms with E-state index in [0.29, 0.717) is 11.5 Å². The number of carbonyl (C=O) groups is 1. The molecule has 2 rings (SSSR count). The van der Waals surface area contributed by atoms with Gasteiger partial charge >= 0.3 is 0 Å². The van der Waals surface area contributed by atoms with Crippen molar-refractivity contribution in [2.24, 2.45) is 5.92 Å². The van der Waals surface area contributed by atoms with Gasteiger partial charge in [0, 0.05) is 18.2 Å². The summed E-state index contributed by atoms with van der Waals surface area (Å²) >= 11 is 0. The minimum absolute atomic E-state index is 0.145. The molecule has 2 aromatic rings. The quantitative estimate of drug-likeness (QED) is 0.785. The van der Waals surface area contributed by atoms with Crippen molar-refractivity contribution >= 4 is 5.91 Å². The van der Waals surface area contributed by atoms with Crippen LogP contribution in [0.25, 0.3) is 11.3 Å². The van der Waals surface area contributed by atoms with Crippen molar-refractivity contribution in [2.45, 2.75) is 39.2 Å². The van der Waals surface area contributed by atoms with Crippen LogP contribution in [0.1, 0.15) is 32.4 Å². The number of hydrogen-bond donors (Lipinski definition) is 2. The number of rotatable bonds is 8. The van der Waals surface area contributed by atoms with Gasteiger partial charge in [0.2, 0.25) is 5.91 Å². The van der Waals surface area contributed by atoms with E-state index in [-0.39, 0.29) is 24.8 Å². The Morgan fingerprint density at radius 1 is 1.26 bits per heavy atom. The van der Waals surface area contributed by atoms with Crippen LogP contribution in [0, 0.1) is 5.92 Å². The maximum atomic E-state index is 12.0. The molecule has 0 aliphatic rings. The fourth-order valence-corrected chi connectivity index (χ4v) is 2.58. The molecule has 0 aliphatic heterocycles. The fourth-order valence-electron chi connectivity index (χ4n) is 2.58. The molecule has 0 radical (unpaired) electrons. The number of carbonyl (C=O) groups excluding carboxylic acids is 1. The Hall–Kier alpha value is -2.14. The van der Waals surface area contributed by atoms with Crippen molar-refractivity contribution < 1.29 is 14.4 Å². The van der Waals surface area contributed by atoms with Crippen LogP contribution >= 0.6 is 0 Å². The number of nitrogens with zero attached hydrogens (tertiary/aromatic N) is 1. The smallest absolute Gasteiger partial charge is 0.226 e. The number of benzene rings is 1. The van der Waals surface area contributed by atoms with E-state index < -0.39 is 6.10 Å². The lowest BCUT2D eigenvalue weighted by Gasteiger charge is -2.20. The molecule has 1 unspecified atom stereocenters. The Labute approximate surface area is 136 Å². The third-order valence-electron chi connectivity index (χ3n) is 4.06. The van der Waals surface area contributed by atoms with Gasteiger partial charge in [-0.1, -0.05) is 62.2 Å². The van der Waals surface area contributed by atoms with Crippen LogP contribution in [0.3, 0.4) is 0 Å². The third-order valence-corrected chi connectivity index (χ3v) is 4.06. The standard InChI is InChI=1S/C18H24N2O3/c1-3-13(4-2)16(21)12-19-18(22)11-15-10-17(23-20-15)14-8-6-5-7-9-14/h5-10,13,16,21H,3-4,11-12H2,1-2H3,(H,19,22). The predicted molar refractivity (Wildman–Crippen MR) is 88.7 cm³/mol. The lowest BCUT2D eigenvalue weighted by molar-refractivity contribution is -0.121. The molecule has 5 nitrogen and oxygen atoms in total. The van der Waals surface area contributed by atoms with E-state index in [1.54, 1.807) is 6.07 Å². The molecule has 0 spiro atoms. The van der Waals surface area contributed by atoms with E-state index >= 15 is 0 Å². The molecule has 124 valence electrons. The summed E-state index contributed by atoms with van der Waals surface area (Å²) in [7, 11) is 0. The Morgan fingerprint density at radius 2 is 1.96 bits per heavy atom. The molecular formula is C18H24N2O3. The van der Waals surface area contributed by atoms with Gasteiger partial charge in [-0.3, -0.25) is 4.79 Å². The number of aliphatic hydroxyl groups is 1. The molecule has 2 N–H and O–H groups in total. The molecule has 0 saturated heterocycles. The van der Waals surface area contributed by atoms with Crippen molar-refractivity contribution in [1.29, 1.82) is 0 Å². The van der Waals surface area contributed by atoms with E-state index in [0.717, 1.165) is 18.4 Å². The highest BCUT2D eigenvalue weighted by molar-refractivity contribution is 5.78. The molecule has 0 fully saturated rings. The third kappa shape index (κ3) is 4.93. The first kappa shape index (κ1) is 17.2. The maximum Gasteiger partial charge on any atom is 0.226 e. The fraction of sp³-hybridized carbons (Fsp3) is 0.444. The SMILES string of the molecule is CCC(CC)C(O)CNC(=O)Cc1cc(-c2ccccc2)on1. The number of nitrogens with one attached hydrogen (secondary N) is 1. The highest BCUT2D eigenvalue weighted by Gasteiger charge is 2.17. The van der Waals surface area contributed by atoms with Crippen molar-refractivity contribution in [2.75, 3.05) is 6.54 Å². The van der Waals surface area contributed by atoms with Crippen LogP contribution in [0.5, 0.6) is 0 Å². The van der Waals surface area contributed by atoms with Crippen molar-refractivity contribution in [3.63, 3.8) is 0 Å². The van der Waals surface area contributed by atoms with Gasteiger partial charge in [-0.05, 0) is 5.92 Å². The Kier molecular flexibility index (Phi) is 6.35. The van der Waals surface area contributed by atoms with Gasteiger partial charge in [0.15, 0.2) is 5.76 Å². The molecule has 1 aromatic heterocycles. The Bertz CT molecular complexity index is 606. The summed E-state index contributed by atoms with van der Waals surface area (Å²) < 4.78 is 5.27.